The number of aromatic nitrogens is 1. The predicted octanol–water partition coefficient (Wildman–Crippen LogP) is 3.14. The maximum absolute atomic E-state index is 12.3. The molecule has 0 bridgehead atoms. The number of carboxylic acids is 1. The minimum Gasteiger partial charge on any atom is -0.481 e. The van der Waals surface area contributed by atoms with Crippen LogP contribution >= 0.6 is 11.3 Å². The Hall–Kier alpha value is -2.41. The molecule has 1 aromatic heterocycles. The summed E-state index contributed by atoms with van der Waals surface area (Å²) in [5, 5.41) is 14.9. The van der Waals surface area contributed by atoms with Gasteiger partial charge in [-0.3, -0.25) is 4.79 Å². The highest BCUT2D eigenvalue weighted by atomic mass is 32.1. The van der Waals surface area contributed by atoms with Crippen molar-refractivity contribution >= 4 is 29.0 Å². The highest BCUT2D eigenvalue weighted by Gasteiger charge is 2.42. The van der Waals surface area contributed by atoms with Crippen LogP contribution in [-0.4, -0.2) is 40.1 Å². The molecule has 0 spiro atoms. The van der Waals surface area contributed by atoms with Crippen LogP contribution in [-0.2, 0) is 4.79 Å². The fraction of sp³-hybridized carbons (Fsp3) is 0.312. The zero-order chi connectivity index (χ0) is 16.4. The number of nitrogens with zero attached hydrogens (tertiary/aromatic N) is 2. The average molecular weight is 331 g/mol. The molecule has 0 aliphatic carbocycles. The van der Waals surface area contributed by atoms with E-state index in [9.17, 15) is 14.7 Å². The van der Waals surface area contributed by atoms with Crippen LogP contribution in [0.3, 0.4) is 0 Å². The average Bonchev–Trinajstić information content (AvgIpc) is 3.18. The van der Waals surface area contributed by atoms with Gasteiger partial charge in [0.25, 0.3) is 0 Å². The lowest BCUT2D eigenvalue weighted by molar-refractivity contribution is -0.146. The fourth-order valence-corrected chi connectivity index (χ4v) is 3.22. The number of carbonyl (C=O) groups is 2. The molecule has 1 aliphatic heterocycles. The van der Waals surface area contributed by atoms with Gasteiger partial charge in [-0.1, -0.05) is 0 Å². The van der Waals surface area contributed by atoms with Crippen molar-refractivity contribution in [3.63, 3.8) is 0 Å². The third kappa shape index (κ3) is 3.19. The quantitative estimate of drug-likeness (QED) is 0.905. The van der Waals surface area contributed by atoms with Gasteiger partial charge in [-0.05, 0) is 37.6 Å². The van der Waals surface area contributed by atoms with E-state index in [4.69, 9.17) is 0 Å². The predicted molar refractivity (Wildman–Crippen MR) is 88.5 cm³/mol. The molecule has 0 radical (unpaired) electrons. The van der Waals surface area contributed by atoms with Gasteiger partial charge in [0.1, 0.15) is 5.01 Å². The van der Waals surface area contributed by atoms with E-state index < -0.39 is 11.4 Å². The molecule has 0 saturated carbocycles. The first-order valence-electron chi connectivity index (χ1n) is 7.27. The number of rotatable bonds is 3. The molecule has 1 aromatic carbocycles. The molecule has 7 heteroatoms. The van der Waals surface area contributed by atoms with E-state index >= 15 is 0 Å². The van der Waals surface area contributed by atoms with Gasteiger partial charge in [-0.2, -0.15) is 0 Å². The highest BCUT2D eigenvalue weighted by molar-refractivity contribution is 7.13. The Morgan fingerprint density at radius 1 is 1.35 bits per heavy atom. The highest BCUT2D eigenvalue weighted by Crippen LogP contribution is 2.30. The van der Waals surface area contributed by atoms with Crippen molar-refractivity contribution in [2.24, 2.45) is 5.41 Å². The van der Waals surface area contributed by atoms with E-state index in [0.29, 0.717) is 18.7 Å². The first-order chi connectivity index (χ1) is 11.0. The van der Waals surface area contributed by atoms with E-state index in [0.717, 1.165) is 10.6 Å². The molecular formula is C16H17N3O3S. The number of urea groups is 1. The topological polar surface area (TPSA) is 82.5 Å². The van der Waals surface area contributed by atoms with Crippen molar-refractivity contribution in [3.8, 4) is 10.6 Å². The van der Waals surface area contributed by atoms with Gasteiger partial charge in [0, 0.05) is 35.9 Å². The summed E-state index contributed by atoms with van der Waals surface area (Å²) in [7, 11) is 0. The maximum Gasteiger partial charge on any atom is 0.321 e. The smallest absolute Gasteiger partial charge is 0.321 e. The molecule has 1 fully saturated rings. The van der Waals surface area contributed by atoms with E-state index in [1.807, 2.05) is 29.6 Å². The Balaban J connectivity index is 1.64. The summed E-state index contributed by atoms with van der Waals surface area (Å²) < 4.78 is 0. The number of nitrogens with one attached hydrogen (secondary N) is 1. The number of carbonyl (C=O) groups excluding carboxylic acids is 1. The Morgan fingerprint density at radius 3 is 2.65 bits per heavy atom. The van der Waals surface area contributed by atoms with Crippen molar-refractivity contribution < 1.29 is 14.7 Å². The van der Waals surface area contributed by atoms with Crippen molar-refractivity contribution in [3.05, 3.63) is 35.8 Å². The lowest BCUT2D eigenvalue weighted by Crippen LogP contribution is -2.37. The number of thiazole rings is 1. The zero-order valence-electron chi connectivity index (χ0n) is 12.7. The van der Waals surface area contributed by atoms with E-state index in [1.165, 1.54) is 0 Å². The van der Waals surface area contributed by atoms with Crippen LogP contribution in [0.4, 0.5) is 10.5 Å². The molecule has 23 heavy (non-hydrogen) atoms. The number of carboxylic acid groups (broad SMARTS) is 1. The van der Waals surface area contributed by atoms with Gasteiger partial charge in [-0.15, -0.1) is 11.3 Å². The van der Waals surface area contributed by atoms with Gasteiger partial charge in [0.15, 0.2) is 0 Å². The van der Waals surface area contributed by atoms with Gasteiger partial charge >= 0.3 is 12.0 Å². The van der Waals surface area contributed by atoms with Crippen LogP contribution in [0.25, 0.3) is 10.6 Å². The molecular weight excluding hydrogens is 314 g/mol. The number of amides is 2. The minimum absolute atomic E-state index is 0.228. The SMILES string of the molecule is CC1(C(=O)O)CCN(C(=O)Nc2ccc(-c3nccs3)cc2)C1. The first kappa shape index (κ1) is 15.5. The van der Waals surface area contributed by atoms with Crippen LogP contribution in [0.2, 0.25) is 0 Å². The van der Waals surface area contributed by atoms with Crippen LogP contribution in [0.1, 0.15) is 13.3 Å². The summed E-state index contributed by atoms with van der Waals surface area (Å²) in [5.41, 5.74) is 0.823. The summed E-state index contributed by atoms with van der Waals surface area (Å²) in [5.74, 6) is -0.861. The third-order valence-corrected chi connectivity index (χ3v) is 4.91. The number of hydrogen-bond acceptors (Lipinski definition) is 4. The molecule has 2 amide bonds. The summed E-state index contributed by atoms with van der Waals surface area (Å²) in [6.07, 6.45) is 2.22. The van der Waals surface area contributed by atoms with Gasteiger partial charge < -0.3 is 15.3 Å². The Labute approximate surface area is 137 Å². The molecule has 2 N–H and O–H groups in total. The summed E-state index contributed by atoms with van der Waals surface area (Å²) >= 11 is 1.56. The van der Waals surface area contributed by atoms with Gasteiger partial charge in [0.05, 0.1) is 5.41 Å². The molecule has 2 heterocycles. The molecule has 6 nitrogen and oxygen atoms in total. The standard InChI is InChI=1S/C16H17N3O3S/c1-16(14(20)21)6-8-19(10-16)15(22)18-12-4-2-11(3-5-12)13-17-7-9-23-13/h2-5,7,9H,6,8,10H2,1H3,(H,18,22)(H,20,21). The molecule has 2 aromatic rings. The molecule has 120 valence electrons. The second-order valence-electron chi connectivity index (χ2n) is 5.88. The monoisotopic (exact) mass is 331 g/mol. The van der Waals surface area contributed by atoms with Crippen LogP contribution in [0.15, 0.2) is 35.8 Å². The van der Waals surface area contributed by atoms with Gasteiger partial charge in [-0.25, -0.2) is 9.78 Å². The van der Waals surface area contributed by atoms with E-state index in [1.54, 1.807) is 29.4 Å². The Bertz CT molecular complexity index is 715. The van der Waals surface area contributed by atoms with Crippen molar-refractivity contribution in [2.45, 2.75) is 13.3 Å². The second-order valence-corrected chi connectivity index (χ2v) is 6.78. The summed E-state index contributed by atoms with van der Waals surface area (Å²) in [4.78, 5) is 29.3. The Morgan fingerprint density at radius 2 is 2.09 bits per heavy atom. The Kier molecular flexibility index (Phi) is 4.04. The normalized spacial score (nSPS) is 20.5. The lowest BCUT2D eigenvalue weighted by atomic mass is 9.90. The van der Waals surface area contributed by atoms with Crippen LogP contribution in [0.5, 0.6) is 0 Å². The molecule has 1 unspecified atom stereocenters. The van der Waals surface area contributed by atoms with Crippen LogP contribution < -0.4 is 5.32 Å². The van der Waals surface area contributed by atoms with E-state index in [2.05, 4.69) is 10.3 Å². The minimum atomic E-state index is -0.861. The summed E-state index contributed by atoms with van der Waals surface area (Å²) in [6, 6.07) is 7.18. The van der Waals surface area contributed by atoms with Crippen molar-refractivity contribution in [1.82, 2.24) is 9.88 Å². The fourth-order valence-electron chi connectivity index (χ4n) is 2.57. The lowest BCUT2D eigenvalue weighted by Gasteiger charge is -2.20. The number of hydrogen-bond donors (Lipinski definition) is 2. The summed E-state index contributed by atoms with van der Waals surface area (Å²) in [6.45, 7) is 2.35. The number of benzene rings is 1. The first-order valence-corrected chi connectivity index (χ1v) is 8.15. The molecule has 1 aliphatic rings. The molecule has 1 atom stereocenters. The largest absolute Gasteiger partial charge is 0.481 e. The maximum atomic E-state index is 12.3. The van der Waals surface area contributed by atoms with Crippen molar-refractivity contribution in [1.29, 1.82) is 0 Å². The van der Waals surface area contributed by atoms with Gasteiger partial charge in [0.2, 0.25) is 0 Å². The number of anilines is 1. The molecule has 1 saturated heterocycles. The van der Waals surface area contributed by atoms with Crippen LogP contribution in [0, 0.1) is 5.41 Å². The number of aliphatic carboxylic acids is 1. The number of likely N-dealkylation sites (tertiary alicyclic amines) is 1. The van der Waals surface area contributed by atoms with Crippen molar-refractivity contribution in [2.75, 3.05) is 18.4 Å². The third-order valence-electron chi connectivity index (χ3n) is 4.09. The molecule has 3 rings (SSSR count). The zero-order valence-corrected chi connectivity index (χ0v) is 13.5. The van der Waals surface area contributed by atoms with E-state index in [-0.39, 0.29) is 12.6 Å². The second kappa shape index (κ2) is 6.00.